The molecule has 0 aromatic heterocycles. The molecule has 0 unspecified atom stereocenters. The molecule has 1 aromatic carbocycles. The summed E-state index contributed by atoms with van der Waals surface area (Å²) in [7, 11) is 1.51. The fraction of sp³-hybridized carbons (Fsp3) is 0.200. The lowest BCUT2D eigenvalue weighted by Crippen LogP contribution is -2.20. The molecule has 1 rings (SSSR count). The molecule has 1 amide bonds. The first-order chi connectivity index (χ1) is 7.45. The molecule has 5 N–H and O–H groups in total. The Balaban J connectivity index is 3.28. The fourth-order valence-corrected chi connectivity index (χ4v) is 1.49. The van der Waals surface area contributed by atoms with Crippen LogP contribution < -0.4 is 21.5 Å². The second-order valence-corrected chi connectivity index (χ2v) is 3.64. The number of hydrogen-bond acceptors (Lipinski definition) is 3. The van der Waals surface area contributed by atoms with Crippen LogP contribution in [0.5, 0.6) is 5.75 Å². The van der Waals surface area contributed by atoms with Gasteiger partial charge in [0.05, 0.1) is 7.11 Å². The molecule has 0 heterocycles. The van der Waals surface area contributed by atoms with Gasteiger partial charge in [0, 0.05) is 22.9 Å². The summed E-state index contributed by atoms with van der Waals surface area (Å²) >= 11 is 4.71. The van der Waals surface area contributed by atoms with Crippen molar-refractivity contribution in [1.29, 1.82) is 0 Å². The van der Waals surface area contributed by atoms with E-state index in [1.165, 1.54) is 7.11 Å². The van der Waals surface area contributed by atoms with Crippen LogP contribution in [0.25, 0.3) is 0 Å². The van der Waals surface area contributed by atoms with Crippen molar-refractivity contribution in [1.82, 2.24) is 0 Å². The molecule has 0 saturated heterocycles. The van der Waals surface area contributed by atoms with Crippen LogP contribution in [-0.2, 0) is 0 Å². The number of anilines is 1. The molecule has 0 saturated carbocycles. The number of primary amides is 1. The van der Waals surface area contributed by atoms with Crippen LogP contribution in [0.15, 0.2) is 12.1 Å². The number of thiocarbonyl (C=S) groups is 1. The van der Waals surface area contributed by atoms with Crippen LogP contribution in [-0.4, -0.2) is 18.1 Å². The van der Waals surface area contributed by atoms with Gasteiger partial charge in [0.1, 0.15) is 5.75 Å². The number of carbonyl (C=O) groups excluding carboxylic acids is 1. The summed E-state index contributed by atoms with van der Waals surface area (Å²) in [5, 5.41) is 2.84. The van der Waals surface area contributed by atoms with E-state index in [1.807, 2.05) is 0 Å². The topological polar surface area (TPSA) is 90.4 Å². The number of nitrogens with two attached hydrogens (primary N) is 2. The lowest BCUT2D eigenvalue weighted by atomic mass is 10.1. The van der Waals surface area contributed by atoms with Crippen LogP contribution in [0.4, 0.5) is 5.69 Å². The molecule has 0 aliphatic rings. The maximum absolute atomic E-state index is 11.2. The van der Waals surface area contributed by atoms with E-state index in [2.05, 4.69) is 5.32 Å². The van der Waals surface area contributed by atoms with Gasteiger partial charge in [-0.3, -0.25) is 4.79 Å². The standard InChI is InChI=1S/C10H13N3O2S/c1-5-7(9(11)14)3-6(13-10(12)16)4-8(5)15-2/h3-4H,1-2H3,(H2,11,14)(H3,12,13,16). The SMILES string of the molecule is COc1cc(NC(N)=S)cc(C(N)=O)c1C. The summed E-state index contributed by atoms with van der Waals surface area (Å²) in [6.45, 7) is 1.75. The Morgan fingerprint density at radius 3 is 2.50 bits per heavy atom. The Kier molecular flexibility index (Phi) is 3.68. The van der Waals surface area contributed by atoms with E-state index in [4.69, 9.17) is 28.4 Å². The Morgan fingerprint density at radius 2 is 2.06 bits per heavy atom. The van der Waals surface area contributed by atoms with Gasteiger partial charge < -0.3 is 21.5 Å². The highest BCUT2D eigenvalue weighted by Gasteiger charge is 2.12. The van der Waals surface area contributed by atoms with E-state index in [0.29, 0.717) is 22.6 Å². The third-order valence-electron chi connectivity index (χ3n) is 2.11. The predicted molar refractivity (Wildman–Crippen MR) is 66.7 cm³/mol. The van der Waals surface area contributed by atoms with Crippen LogP contribution in [0.2, 0.25) is 0 Å². The molecule has 0 radical (unpaired) electrons. The smallest absolute Gasteiger partial charge is 0.249 e. The van der Waals surface area contributed by atoms with Crippen LogP contribution >= 0.6 is 12.2 Å². The van der Waals surface area contributed by atoms with Crippen molar-refractivity contribution in [3.8, 4) is 5.75 Å². The minimum absolute atomic E-state index is 0.112. The summed E-state index contributed by atoms with van der Waals surface area (Å²) in [5.41, 5.74) is 12.2. The Labute approximate surface area is 98.8 Å². The largest absolute Gasteiger partial charge is 0.496 e. The Bertz CT molecular complexity index is 446. The molecule has 0 atom stereocenters. The highest BCUT2D eigenvalue weighted by molar-refractivity contribution is 7.80. The first kappa shape index (κ1) is 12.3. The molecule has 16 heavy (non-hydrogen) atoms. The summed E-state index contributed by atoms with van der Waals surface area (Å²) < 4.78 is 5.13. The van der Waals surface area contributed by atoms with Crippen molar-refractivity contribution in [2.75, 3.05) is 12.4 Å². The second kappa shape index (κ2) is 4.80. The normalized spacial score (nSPS) is 9.62. The van der Waals surface area contributed by atoms with Gasteiger partial charge >= 0.3 is 0 Å². The van der Waals surface area contributed by atoms with E-state index < -0.39 is 5.91 Å². The average Bonchev–Trinajstić information content (AvgIpc) is 2.19. The molecular formula is C10H13N3O2S. The van der Waals surface area contributed by atoms with Gasteiger partial charge in [0.25, 0.3) is 0 Å². The molecule has 0 fully saturated rings. The van der Waals surface area contributed by atoms with E-state index in [9.17, 15) is 4.79 Å². The van der Waals surface area contributed by atoms with Gasteiger partial charge in [0.2, 0.25) is 5.91 Å². The number of methoxy groups -OCH3 is 1. The summed E-state index contributed by atoms with van der Waals surface area (Å²) in [6, 6.07) is 3.28. The zero-order valence-electron chi connectivity index (χ0n) is 9.03. The monoisotopic (exact) mass is 239 g/mol. The van der Waals surface area contributed by atoms with Crippen LogP contribution in [0, 0.1) is 6.92 Å². The third-order valence-corrected chi connectivity index (χ3v) is 2.22. The van der Waals surface area contributed by atoms with Crippen molar-refractivity contribution in [2.24, 2.45) is 11.5 Å². The molecular weight excluding hydrogens is 226 g/mol. The zero-order valence-corrected chi connectivity index (χ0v) is 9.85. The molecule has 0 aliphatic heterocycles. The minimum atomic E-state index is -0.526. The number of carbonyl (C=O) groups is 1. The van der Waals surface area contributed by atoms with E-state index in [0.717, 1.165) is 0 Å². The summed E-state index contributed by atoms with van der Waals surface area (Å²) in [6.07, 6.45) is 0. The molecule has 86 valence electrons. The quantitative estimate of drug-likeness (QED) is 0.677. The Hall–Kier alpha value is -1.82. The van der Waals surface area contributed by atoms with E-state index >= 15 is 0 Å². The van der Waals surface area contributed by atoms with Gasteiger partial charge in [0.15, 0.2) is 5.11 Å². The maximum atomic E-state index is 11.2. The summed E-state index contributed by atoms with van der Waals surface area (Å²) in [4.78, 5) is 11.2. The molecule has 0 spiro atoms. The number of amides is 1. The van der Waals surface area contributed by atoms with Crippen molar-refractivity contribution in [3.63, 3.8) is 0 Å². The van der Waals surface area contributed by atoms with Gasteiger partial charge in [-0.1, -0.05) is 0 Å². The maximum Gasteiger partial charge on any atom is 0.249 e. The van der Waals surface area contributed by atoms with Crippen molar-refractivity contribution < 1.29 is 9.53 Å². The Morgan fingerprint density at radius 1 is 1.44 bits per heavy atom. The van der Waals surface area contributed by atoms with Gasteiger partial charge in [-0.15, -0.1) is 0 Å². The molecule has 5 nitrogen and oxygen atoms in total. The molecule has 1 aromatic rings. The number of ether oxygens (including phenoxy) is 1. The summed E-state index contributed by atoms with van der Waals surface area (Å²) in [5.74, 6) is 0.0254. The van der Waals surface area contributed by atoms with E-state index in [-0.39, 0.29) is 5.11 Å². The highest BCUT2D eigenvalue weighted by atomic mass is 32.1. The third kappa shape index (κ3) is 2.60. The number of benzene rings is 1. The first-order valence-corrected chi connectivity index (χ1v) is 4.91. The molecule has 0 bridgehead atoms. The lowest BCUT2D eigenvalue weighted by Gasteiger charge is -2.12. The predicted octanol–water partition coefficient (Wildman–Crippen LogP) is 0.758. The van der Waals surface area contributed by atoms with Crippen LogP contribution in [0.1, 0.15) is 15.9 Å². The van der Waals surface area contributed by atoms with Crippen LogP contribution in [0.3, 0.4) is 0 Å². The van der Waals surface area contributed by atoms with Gasteiger partial charge in [-0.25, -0.2) is 0 Å². The van der Waals surface area contributed by atoms with Gasteiger partial charge in [-0.05, 0) is 25.2 Å². The zero-order chi connectivity index (χ0) is 12.3. The van der Waals surface area contributed by atoms with Crippen molar-refractivity contribution in [3.05, 3.63) is 23.3 Å². The average molecular weight is 239 g/mol. The highest BCUT2D eigenvalue weighted by Crippen LogP contribution is 2.26. The second-order valence-electron chi connectivity index (χ2n) is 3.20. The number of hydrogen-bond donors (Lipinski definition) is 3. The fourth-order valence-electron chi connectivity index (χ4n) is 1.37. The number of rotatable bonds is 3. The van der Waals surface area contributed by atoms with Gasteiger partial charge in [-0.2, -0.15) is 0 Å². The first-order valence-electron chi connectivity index (χ1n) is 4.50. The number of nitrogens with one attached hydrogen (secondary N) is 1. The van der Waals surface area contributed by atoms with Crippen molar-refractivity contribution in [2.45, 2.75) is 6.92 Å². The molecule has 6 heteroatoms. The van der Waals surface area contributed by atoms with E-state index in [1.54, 1.807) is 19.1 Å². The lowest BCUT2D eigenvalue weighted by molar-refractivity contribution is 0.0999. The molecule has 0 aliphatic carbocycles. The minimum Gasteiger partial charge on any atom is -0.496 e. The van der Waals surface area contributed by atoms with Crippen molar-refractivity contribution >= 4 is 28.9 Å².